The fourth-order valence-electron chi connectivity index (χ4n) is 4.66. The Kier molecular flexibility index (Phi) is 47.2. The van der Waals surface area contributed by atoms with Gasteiger partial charge in [0.1, 0.15) is 6.61 Å². The van der Waals surface area contributed by atoms with Crippen LogP contribution in [0.15, 0.2) is 0 Å². The van der Waals surface area contributed by atoms with Crippen LogP contribution in [-0.2, 0) is 61.6 Å². The van der Waals surface area contributed by atoms with Gasteiger partial charge in [-0.15, -0.1) is 0 Å². The van der Waals surface area contributed by atoms with Gasteiger partial charge < -0.3 is 56.8 Å². The van der Waals surface area contributed by atoms with Crippen LogP contribution in [0.25, 0.3) is 0 Å². The summed E-state index contributed by atoms with van der Waals surface area (Å²) in [5.74, 6) is -0.186. The minimum absolute atomic E-state index is 0.186. The molecule has 0 amide bonds. The molecule has 0 saturated heterocycles. The van der Waals surface area contributed by atoms with Crippen molar-refractivity contribution >= 4 is 5.97 Å². The van der Waals surface area contributed by atoms with E-state index >= 15 is 0 Å². The molecule has 0 aliphatic rings. The van der Waals surface area contributed by atoms with Crippen molar-refractivity contribution in [2.75, 3.05) is 152 Å². The predicted octanol–water partition coefficient (Wildman–Crippen LogP) is 5.82. The van der Waals surface area contributed by atoms with E-state index in [4.69, 9.17) is 56.8 Å². The smallest absolute Gasteiger partial charge is 0.305 e. The maximum absolute atomic E-state index is 11.2. The number of unbranched alkanes of at least 4 members (excludes halogenated alkanes) is 10. The molecule has 13 heteroatoms. The van der Waals surface area contributed by atoms with Gasteiger partial charge in [0, 0.05) is 13.0 Å². The first kappa shape index (κ1) is 51.0. The lowest BCUT2D eigenvalue weighted by Gasteiger charge is -2.09. The molecule has 0 fully saturated rings. The van der Waals surface area contributed by atoms with Crippen molar-refractivity contribution in [3.63, 3.8) is 0 Å². The van der Waals surface area contributed by atoms with E-state index in [0.29, 0.717) is 145 Å². The monoisotopic (exact) mass is 755 g/mol. The summed E-state index contributed by atoms with van der Waals surface area (Å²) in [6, 6.07) is 0. The molecule has 0 aromatic rings. The molecule has 0 rings (SSSR count). The molecule has 52 heavy (non-hydrogen) atoms. The average molecular weight is 755 g/mol. The van der Waals surface area contributed by atoms with Crippen LogP contribution in [0.1, 0.15) is 97.3 Å². The second kappa shape index (κ2) is 48.0. The molecular formula is C39H78O13. The molecule has 0 aromatic carbocycles. The Balaban J connectivity index is 3.06. The zero-order valence-corrected chi connectivity index (χ0v) is 33.3. The highest BCUT2D eigenvalue weighted by atomic mass is 16.6. The maximum atomic E-state index is 11.2. The normalized spacial score (nSPS) is 11.5. The Morgan fingerprint density at radius 1 is 0.269 bits per heavy atom. The number of esters is 1. The minimum atomic E-state index is -0.186. The zero-order valence-electron chi connectivity index (χ0n) is 33.3. The van der Waals surface area contributed by atoms with Gasteiger partial charge in [0.15, 0.2) is 0 Å². The molecule has 0 saturated carbocycles. The minimum Gasteiger partial charge on any atom is -0.463 e. The van der Waals surface area contributed by atoms with Crippen LogP contribution in [0.5, 0.6) is 0 Å². The van der Waals surface area contributed by atoms with Crippen molar-refractivity contribution in [1.82, 2.24) is 0 Å². The quantitative estimate of drug-likeness (QED) is 0.0547. The lowest BCUT2D eigenvalue weighted by atomic mass is 10.1. The summed E-state index contributed by atoms with van der Waals surface area (Å²) in [7, 11) is 0. The molecule has 0 unspecified atom stereocenters. The Hall–Kier alpha value is -0.970. The third kappa shape index (κ3) is 47.1. The van der Waals surface area contributed by atoms with Gasteiger partial charge in [-0.25, -0.2) is 0 Å². The second-order valence-corrected chi connectivity index (χ2v) is 12.2. The molecule has 312 valence electrons. The van der Waals surface area contributed by atoms with Gasteiger partial charge in [-0.05, 0) is 12.8 Å². The van der Waals surface area contributed by atoms with Gasteiger partial charge in [0.05, 0.1) is 139 Å². The first-order valence-corrected chi connectivity index (χ1v) is 20.3. The predicted molar refractivity (Wildman–Crippen MR) is 201 cm³/mol. The number of hydrogen-bond acceptors (Lipinski definition) is 13. The number of rotatable bonds is 47. The Morgan fingerprint density at radius 3 is 0.769 bits per heavy atom. The van der Waals surface area contributed by atoms with Crippen molar-refractivity contribution in [3.05, 3.63) is 0 Å². The molecule has 0 spiro atoms. The highest BCUT2D eigenvalue weighted by Gasteiger charge is 2.00. The Labute approximate surface area is 316 Å². The van der Waals surface area contributed by atoms with Crippen LogP contribution in [0.2, 0.25) is 0 Å². The van der Waals surface area contributed by atoms with Gasteiger partial charge in [-0.1, -0.05) is 78.1 Å². The van der Waals surface area contributed by atoms with Crippen molar-refractivity contribution < 1.29 is 61.6 Å². The summed E-state index contributed by atoms with van der Waals surface area (Å²) in [5.41, 5.74) is 0. The fourth-order valence-corrected chi connectivity index (χ4v) is 4.66. The summed E-state index contributed by atoms with van der Waals surface area (Å²) in [4.78, 5) is 11.2. The first-order chi connectivity index (χ1) is 25.8. The highest BCUT2D eigenvalue weighted by molar-refractivity contribution is 5.69. The van der Waals surface area contributed by atoms with E-state index in [2.05, 4.69) is 6.92 Å². The zero-order chi connectivity index (χ0) is 37.5. The second-order valence-electron chi connectivity index (χ2n) is 12.2. The lowest BCUT2D eigenvalue weighted by Crippen LogP contribution is -2.15. The van der Waals surface area contributed by atoms with Crippen LogP contribution in [0.4, 0.5) is 0 Å². The van der Waals surface area contributed by atoms with Gasteiger partial charge in [-0.2, -0.15) is 0 Å². The molecule has 0 aliphatic heterocycles. The molecule has 0 radical (unpaired) electrons. The third-order valence-corrected chi connectivity index (χ3v) is 7.56. The van der Waals surface area contributed by atoms with Crippen LogP contribution in [-0.4, -0.2) is 158 Å². The van der Waals surface area contributed by atoms with E-state index in [1.54, 1.807) is 0 Å². The van der Waals surface area contributed by atoms with E-state index in [-0.39, 0.29) is 12.6 Å². The van der Waals surface area contributed by atoms with Gasteiger partial charge in [0.2, 0.25) is 0 Å². The van der Waals surface area contributed by atoms with Crippen molar-refractivity contribution in [2.45, 2.75) is 97.3 Å². The maximum Gasteiger partial charge on any atom is 0.305 e. The van der Waals surface area contributed by atoms with Gasteiger partial charge in [-0.3, -0.25) is 4.79 Å². The van der Waals surface area contributed by atoms with E-state index in [1.165, 1.54) is 64.2 Å². The topological polar surface area (TPSA) is 128 Å². The average Bonchev–Trinajstić information content (AvgIpc) is 3.15. The van der Waals surface area contributed by atoms with Gasteiger partial charge in [0.25, 0.3) is 0 Å². The SMILES string of the molecule is CCCCCCCCCCCCCOCCOCCOCCOCCOCCOCCOCCOCCOCCOCCOCCOC(=O)CCC. The summed E-state index contributed by atoms with van der Waals surface area (Å²) >= 11 is 0. The fraction of sp³-hybridized carbons (Fsp3) is 0.974. The summed E-state index contributed by atoms with van der Waals surface area (Å²) < 4.78 is 65.5. The number of hydrogen-bond donors (Lipinski definition) is 0. The van der Waals surface area contributed by atoms with Crippen molar-refractivity contribution in [2.24, 2.45) is 0 Å². The largest absolute Gasteiger partial charge is 0.463 e. The number of carbonyl (C=O) groups excluding carboxylic acids is 1. The molecule has 13 nitrogen and oxygen atoms in total. The molecule has 0 heterocycles. The Morgan fingerprint density at radius 2 is 0.500 bits per heavy atom. The molecule has 0 N–H and O–H groups in total. The molecule has 0 atom stereocenters. The van der Waals surface area contributed by atoms with Crippen molar-refractivity contribution in [1.29, 1.82) is 0 Å². The van der Waals surface area contributed by atoms with E-state index in [0.717, 1.165) is 19.4 Å². The van der Waals surface area contributed by atoms with Crippen LogP contribution in [0, 0.1) is 0 Å². The third-order valence-electron chi connectivity index (χ3n) is 7.56. The van der Waals surface area contributed by atoms with E-state index in [9.17, 15) is 4.79 Å². The molecular weight excluding hydrogens is 676 g/mol. The Bertz CT molecular complexity index is 660. The molecule has 0 bridgehead atoms. The molecule has 0 aliphatic carbocycles. The van der Waals surface area contributed by atoms with E-state index in [1.807, 2.05) is 6.92 Å². The highest BCUT2D eigenvalue weighted by Crippen LogP contribution is 2.11. The molecule has 0 aromatic heterocycles. The number of ether oxygens (including phenoxy) is 12. The van der Waals surface area contributed by atoms with Crippen molar-refractivity contribution in [3.8, 4) is 0 Å². The van der Waals surface area contributed by atoms with E-state index < -0.39 is 0 Å². The van der Waals surface area contributed by atoms with Crippen LogP contribution in [0.3, 0.4) is 0 Å². The standard InChI is InChI=1S/C39H78O13/c1-3-5-6-7-8-9-10-11-12-13-14-16-41-17-18-42-19-20-43-21-22-44-23-24-45-25-26-46-27-28-47-29-30-48-31-32-49-33-34-50-35-36-51-37-38-52-39(40)15-4-2/h3-38H2,1-2H3. The van der Waals surface area contributed by atoms with Crippen LogP contribution < -0.4 is 0 Å². The van der Waals surface area contributed by atoms with Crippen LogP contribution >= 0.6 is 0 Å². The summed E-state index contributed by atoms with van der Waals surface area (Å²) in [6.07, 6.45) is 16.1. The first-order valence-electron chi connectivity index (χ1n) is 20.3. The number of carbonyl (C=O) groups is 1. The lowest BCUT2D eigenvalue weighted by molar-refractivity contribution is -0.145. The summed E-state index contributed by atoms with van der Waals surface area (Å²) in [5, 5.41) is 0. The van der Waals surface area contributed by atoms with Gasteiger partial charge >= 0.3 is 5.97 Å². The summed E-state index contributed by atoms with van der Waals surface area (Å²) in [6.45, 7) is 16.1.